The zero-order valence-corrected chi connectivity index (χ0v) is 17.9. The molecule has 3 rings (SSSR count). The quantitative estimate of drug-likeness (QED) is 0.698. The van der Waals surface area contributed by atoms with Crippen LogP contribution in [0.15, 0.2) is 0 Å². The van der Waals surface area contributed by atoms with Gasteiger partial charge in [-0.15, -0.1) is 0 Å². The van der Waals surface area contributed by atoms with Crippen molar-refractivity contribution in [2.75, 3.05) is 26.7 Å². The fraction of sp³-hybridized carbons (Fsp3) is 0.913. The van der Waals surface area contributed by atoms with Gasteiger partial charge < -0.3 is 15.5 Å². The summed E-state index contributed by atoms with van der Waals surface area (Å²) in [4.78, 5) is 27.4. The maximum absolute atomic E-state index is 12.9. The molecule has 0 bridgehead atoms. The molecule has 3 aliphatic rings. The third-order valence-electron chi connectivity index (χ3n) is 7.37. The van der Waals surface area contributed by atoms with Crippen molar-refractivity contribution in [1.29, 1.82) is 0 Å². The molecule has 0 spiro atoms. The Labute approximate surface area is 171 Å². The molecule has 0 aromatic carbocycles. The van der Waals surface area contributed by atoms with Crippen molar-refractivity contribution >= 4 is 11.8 Å². The van der Waals surface area contributed by atoms with Crippen molar-refractivity contribution in [3.63, 3.8) is 0 Å². The molecule has 0 radical (unpaired) electrons. The van der Waals surface area contributed by atoms with Crippen LogP contribution in [0.3, 0.4) is 0 Å². The summed E-state index contributed by atoms with van der Waals surface area (Å²) in [6.07, 6.45) is 14.4. The lowest BCUT2D eigenvalue weighted by Crippen LogP contribution is -2.45. The average molecular weight is 392 g/mol. The van der Waals surface area contributed by atoms with Gasteiger partial charge in [-0.3, -0.25) is 9.59 Å². The Hall–Kier alpha value is -1.10. The van der Waals surface area contributed by atoms with Crippen molar-refractivity contribution in [1.82, 2.24) is 15.5 Å². The Morgan fingerprint density at radius 1 is 0.857 bits per heavy atom. The second-order valence-corrected chi connectivity index (χ2v) is 9.49. The zero-order chi connectivity index (χ0) is 19.8. The van der Waals surface area contributed by atoms with E-state index in [4.69, 9.17) is 0 Å². The van der Waals surface area contributed by atoms with Crippen molar-refractivity contribution in [3.8, 4) is 0 Å². The van der Waals surface area contributed by atoms with Gasteiger partial charge in [-0.05, 0) is 83.2 Å². The first-order valence-corrected chi connectivity index (χ1v) is 11.9. The summed E-state index contributed by atoms with van der Waals surface area (Å²) < 4.78 is 0. The summed E-state index contributed by atoms with van der Waals surface area (Å²) in [6, 6.07) is 0.285. The number of carbonyl (C=O) groups excluding carboxylic acids is 2. The molecule has 0 unspecified atom stereocenters. The van der Waals surface area contributed by atoms with E-state index in [0.29, 0.717) is 18.2 Å². The van der Waals surface area contributed by atoms with E-state index < -0.39 is 0 Å². The van der Waals surface area contributed by atoms with E-state index in [0.717, 1.165) is 64.1 Å². The van der Waals surface area contributed by atoms with Gasteiger partial charge in [0.2, 0.25) is 11.8 Å². The highest BCUT2D eigenvalue weighted by Gasteiger charge is 2.32. The van der Waals surface area contributed by atoms with Crippen molar-refractivity contribution in [2.45, 2.75) is 89.5 Å². The van der Waals surface area contributed by atoms with Gasteiger partial charge in [0.05, 0.1) is 0 Å². The highest BCUT2D eigenvalue weighted by molar-refractivity contribution is 5.79. The molecule has 0 atom stereocenters. The number of likely N-dealkylation sites (tertiary alicyclic amines) is 1. The monoisotopic (exact) mass is 391 g/mol. The second-order valence-electron chi connectivity index (χ2n) is 9.49. The molecule has 1 saturated heterocycles. The summed E-state index contributed by atoms with van der Waals surface area (Å²) in [5.74, 6) is 2.17. The summed E-state index contributed by atoms with van der Waals surface area (Å²) in [6.45, 7) is 2.95. The summed E-state index contributed by atoms with van der Waals surface area (Å²) in [5.41, 5.74) is 0. The van der Waals surface area contributed by atoms with Gasteiger partial charge in [-0.25, -0.2) is 0 Å². The third-order valence-corrected chi connectivity index (χ3v) is 7.37. The second kappa shape index (κ2) is 11.2. The largest absolute Gasteiger partial charge is 0.353 e. The molecule has 2 N–H and O–H groups in total. The van der Waals surface area contributed by atoms with Crippen LogP contribution < -0.4 is 10.6 Å². The van der Waals surface area contributed by atoms with E-state index in [-0.39, 0.29) is 17.9 Å². The Kier molecular flexibility index (Phi) is 8.63. The molecule has 0 aromatic rings. The number of nitrogens with one attached hydrogen (secondary N) is 2. The minimum Gasteiger partial charge on any atom is -0.353 e. The molecule has 160 valence electrons. The van der Waals surface area contributed by atoms with E-state index >= 15 is 0 Å². The first-order valence-electron chi connectivity index (χ1n) is 11.9. The number of piperidine rings is 1. The molecule has 2 amide bonds. The molecule has 2 aliphatic carbocycles. The van der Waals surface area contributed by atoms with Crippen LogP contribution in [-0.2, 0) is 9.59 Å². The first kappa shape index (κ1) is 21.6. The van der Waals surface area contributed by atoms with Crippen molar-refractivity contribution in [3.05, 3.63) is 0 Å². The minimum absolute atomic E-state index is 0.181. The molecule has 1 aliphatic heterocycles. The highest BCUT2D eigenvalue weighted by atomic mass is 16.2. The smallest absolute Gasteiger partial charge is 0.225 e. The normalized spacial score (nSPS) is 27.5. The van der Waals surface area contributed by atoms with Gasteiger partial charge in [-0.2, -0.15) is 0 Å². The van der Waals surface area contributed by atoms with Gasteiger partial charge in [0.1, 0.15) is 0 Å². The lowest BCUT2D eigenvalue weighted by atomic mass is 9.83. The van der Waals surface area contributed by atoms with E-state index in [1.807, 2.05) is 7.05 Å². The Balaban J connectivity index is 1.33. The number of nitrogens with zero attached hydrogens (tertiary/aromatic N) is 1. The topological polar surface area (TPSA) is 61.4 Å². The fourth-order valence-corrected chi connectivity index (χ4v) is 5.47. The van der Waals surface area contributed by atoms with E-state index in [1.54, 1.807) is 0 Å². The first-order chi connectivity index (χ1) is 13.7. The minimum atomic E-state index is 0.181. The number of hydrogen-bond acceptors (Lipinski definition) is 3. The molecule has 1 heterocycles. The highest BCUT2D eigenvalue weighted by Crippen LogP contribution is 2.30. The zero-order valence-electron chi connectivity index (χ0n) is 17.9. The van der Waals surface area contributed by atoms with Crippen molar-refractivity contribution < 1.29 is 9.59 Å². The molecule has 5 heteroatoms. The van der Waals surface area contributed by atoms with Gasteiger partial charge >= 0.3 is 0 Å². The number of amides is 2. The maximum Gasteiger partial charge on any atom is 0.225 e. The Bertz CT molecular complexity index is 488. The van der Waals surface area contributed by atoms with Crippen LogP contribution in [0, 0.1) is 17.8 Å². The van der Waals surface area contributed by atoms with Crippen LogP contribution in [0.25, 0.3) is 0 Å². The van der Waals surface area contributed by atoms with Crippen LogP contribution in [0.4, 0.5) is 0 Å². The summed E-state index contributed by atoms with van der Waals surface area (Å²) in [5, 5.41) is 6.49. The standard InChI is InChI=1S/C23H41N3O2/c1-24-14-11-18-12-15-26(16-13-18)23(28)20-7-9-21(10-8-20)25-22(27)17-19-5-3-2-4-6-19/h18-21,24H,2-17H2,1H3,(H,25,27). The lowest BCUT2D eigenvalue weighted by molar-refractivity contribution is -0.138. The van der Waals surface area contributed by atoms with Crippen LogP contribution in [0.2, 0.25) is 0 Å². The molecular formula is C23H41N3O2. The van der Waals surface area contributed by atoms with Gasteiger partial charge in [0.25, 0.3) is 0 Å². The maximum atomic E-state index is 12.9. The van der Waals surface area contributed by atoms with Crippen LogP contribution >= 0.6 is 0 Å². The van der Waals surface area contributed by atoms with E-state index in [1.165, 1.54) is 38.5 Å². The molecular weight excluding hydrogens is 350 g/mol. The fourth-order valence-electron chi connectivity index (χ4n) is 5.47. The Morgan fingerprint density at radius 3 is 2.18 bits per heavy atom. The Morgan fingerprint density at radius 2 is 1.54 bits per heavy atom. The van der Waals surface area contributed by atoms with E-state index in [9.17, 15) is 9.59 Å². The third kappa shape index (κ3) is 6.47. The summed E-state index contributed by atoms with van der Waals surface area (Å²) in [7, 11) is 2.01. The van der Waals surface area contributed by atoms with E-state index in [2.05, 4.69) is 15.5 Å². The predicted molar refractivity (Wildman–Crippen MR) is 113 cm³/mol. The molecule has 3 fully saturated rings. The number of hydrogen-bond donors (Lipinski definition) is 2. The van der Waals surface area contributed by atoms with Gasteiger partial charge in [0.15, 0.2) is 0 Å². The number of rotatable bonds is 7. The van der Waals surface area contributed by atoms with Crippen LogP contribution in [0.5, 0.6) is 0 Å². The predicted octanol–water partition coefficient (Wildman–Crippen LogP) is 3.48. The number of carbonyl (C=O) groups is 2. The molecule has 2 saturated carbocycles. The molecule has 0 aromatic heterocycles. The van der Waals surface area contributed by atoms with Crippen LogP contribution in [0.1, 0.15) is 83.5 Å². The van der Waals surface area contributed by atoms with Crippen LogP contribution in [-0.4, -0.2) is 49.4 Å². The van der Waals surface area contributed by atoms with Gasteiger partial charge in [-0.1, -0.05) is 19.3 Å². The molecule has 28 heavy (non-hydrogen) atoms. The molecule has 5 nitrogen and oxygen atoms in total. The SMILES string of the molecule is CNCCC1CCN(C(=O)C2CCC(NC(=O)CC3CCCCC3)CC2)CC1. The summed E-state index contributed by atoms with van der Waals surface area (Å²) >= 11 is 0. The lowest BCUT2D eigenvalue weighted by Gasteiger charge is -2.36. The van der Waals surface area contributed by atoms with Crippen molar-refractivity contribution in [2.24, 2.45) is 17.8 Å². The van der Waals surface area contributed by atoms with Gasteiger partial charge in [0, 0.05) is 31.5 Å². The average Bonchev–Trinajstić information content (AvgIpc) is 2.73.